The molecule has 0 unspecified atom stereocenters. The van der Waals surface area contributed by atoms with Gasteiger partial charge < -0.3 is 10.2 Å². The van der Waals surface area contributed by atoms with Crippen LogP contribution in [-0.2, 0) is 0 Å². The highest BCUT2D eigenvalue weighted by molar-refractivity contribution is 5.46. The summed E-state index contributed by atoms with van der Waals surface area (Å²) in [4.78, 5) is 10.2. The lowest BCUT2D eigenvalue weighted by Crippen LogP contribution is -2.25. The molecule has 1 heterocycles. The van der Waals surface area contributed by atoms with Crippen LogP contribution in [0.5, 0.6) is 0 Å². The summed E-state index contributed by atoms with van der Waals surface area (Å²) in [6.07, 6.45) is 0.979. The Labute approximate surface area is 107 Å². The molecule has 0 saturated carbocycles. The van der Waals surface area contributed by atoms with Crippen LogP contribution in [0.3, 0.4) is 0 Å². The maximum atomic E-state index is 8.74. The number of aryl methyl sites for hydroxylation is 1. The van der Waals surface area contributed by atoms with Crippen LogP contribution in [0.4, 0.5) is 11.8 Å². The summed E-state index contributed by atoms with van der Waals surface area (Å²) < 4.78 is 0. The van der Waals surface area contributed by atoms with Crippen molar-refractivity contribution in [2.24, 2.45) is 0 Å². The molecule has 0 atom stereocenters. The summed E-state index contributed by atoms with van der Waals surface area (Å²) >= 11 is 0. The molecule has 1 aromatic rings. The van der Waals surface area contributed by atoms with E-state index in [0.29, 0.717) is 11.8 Å². The van der Waals surface area contributed by atoms with Crippen LogP contribution < -0.4 is 10.2 Å². The second-order valence-electron chi connectivity index (χ2n) is 3.79. The number of rotatable bonds is 6. The maximum Gasteiger partial charge on any atom is 0.224 e. The average molecular weight is 244 g/mol. The van der Waals surface area contributed by atoms with Gasteiger partial charge in [-0.05, 0) is 13.3 Å². The van der Waals surface area contributed by atoms with Crippen molar-refractivity contribution in [3.63, 3.8) is 0 Å². The summed E-state index contributed by atoms with van der Waals surface area (Å²) in [6, 6.07) is 5.82. The van der Waals surface area contributed by atoms with E-state index in [1.165, 1.54) is 0 Å². The van der Waals surface area contributed by atoms with Crippen LogP contribution in [0.15, 0.2) is 6.07 Å². The van der Waals surface area contributed by atoms with E-state index < -0.39 is 0 Å². The van der Waals surface area contributed by atoms with E-state index in [1.54, 1.807) is 11.0 Å². The monoisotopic (exact) mass is 244 g/mol. The Morgan fingerprint density at radius 1 is 1.28 bits per heavy atom. The SMILES string of the molecule is CCCNc1nc(C)cc(N(CC#N)CC#N)n1. The van der Waals surface area contributed by atoms with E-state index in [0.717, 1.165) is 18.7 Å². The first-order chi connectivity index (χ1) is 8.71. The molecule has 0 amide bonds. The van der Waals surface area contributed by atoms with Gasteiger partial charge in [-0.2, -0.15) is 15.5 Å². The highest BCUT2D eigenvalue weighted by atomic mass is 15.2. The Morgan fingerprint density at radius 3 is 2.50 bits per heavy atom. The highest BCUT2D eigenvalue weighted by Gasteiger charge is 2.09. The van der Waals surface area contributed by atoms with Gasteiger partial charge in [-0.15, -0.1) is 0 Å². The van der Waals surface area contributed by atoms with Crippen LogP contribution >= 0.6 is 0 Å². The van der Waals surface area contributed by atoms with Crippen LogP contribution in [0.1, 0.15) is 19.0 Å². The fraction of sp³-hybridized carbons (Fsp3) is 0.500. The van der Waals surface area contributed by atoms with Gasteiger partial charge in [0, 0.05) is 18.3 Å². The van der Waals surface area contributed by atoms with Crippen LogP contribution in [0.2, 0.25) is 0 Å². The van der Waals surface area contributed by atoms with Crippen molar-refractivity contribution in [2.45, 2.75) is 20.3 Å². The molecule has 6 nitrogen and oxygen atoms in total. The number of nitrogens with one attached hydrogen (secondary N) is 1. The zero-order chi connectivity index (χ0) is 13.4. The van der Waals surface area contributed by atoms with Crippen LogP contribution in [0, 0.1) is 29.6 Å². The first-order valence-corrected chi connectivity index (χ1v) is 5.79. The molecule has 0 radical (unpaired) electrons. The molecule has 18 heavy (non-hydrogen) atoms. The Morgan fingerprint density at radius 2 is 1.94 bits per heavy atom. The molecule has 0 aliphatic heterocycles. The predicted molar refractivity (Wildman–Crippen MR) is 69.0 cm³/mol. The van der Waals surface area contributed by atoms with E-state index in [1.807, 2.05) is 19.1 Å². The minimum absolute atomic E-state index is 0.136. The lowest BCUT2D eigenvalue weighted by molar-refractivity contribution is 0.903. The van der Waals surface area contributed by atoms with Gasteiger partial charge in [0.1, 0.15) is 18.9 Å². The Hall–Kier alpha value is -2.34. The van der Waals surface area contributed by atoms with Gasteiger partial charge in [0.15, 0.2) is 0 Å². The van der Waals surface area contributed by atoms with Gasteiger partial charge >= 0.3 is 0 Å². The van der Waals surface area contributed by atoms with E-state index in [-0.39, 0.29) is 13.1 Å². The second-order valence-corrected chi connectivity index (χ2v) is 3.79. The topological polar surface area (TPSA) is 88.6 Å². The lowest BCUT2D eigenvalue weighted by Gasteiger charge is -2.18. The van der Waals surface area contributed by atoms with Crippen molar-refractivity contribution in [3.05, 3.63) is 11.8 Å². The molecule has 0 fully saturated rings. The first-order valence-electron chi connectivity index (χ1n) is 5.79. The smallest absolute Gasteiger partial charge is 0.224 e. The quantitative estimate of drug-likeness (QED) is 0.762. The van der Waals surface area contributed by atoms with Crippen LogP contribution in [-0.4, -0.2) is 29.6 Å². The van der Waals surface area contributed by atoms with Gasteiger partial charge in [-0.25, -0.2) is 4.98 Å². The summed E-state index contributed by atoms with van der Waals surface area (Å²) in [7, 11) is 0. The van der Waals surface area contributed by atoms with Crippen molar-refractivity contribution < 1.29 is 0 Å². The minimum Gasteiger partial charge on any atom is -0.354 e. The Bertz CT molecular complexity index is 454. The molecule has 0 saturated heterocycles. The summed E-state index contributed by atoms with van der Waals surface area (Å²) in [5.41, 5.74) is 0.805. The van der Waals surface area contributed by atoms with E-state index >= 15 is 0 Å². The van der Waals surface area contributed by atoms with Crippen molar-refractivity contribution in [1.82, 2.24) is 9.97 Å². The van der Waals surface area contributed by atoms with Gasteiger partial charge in [0.25, 0.3) is 0 Å². The molecule has 0 aliphatic rings. The predicted octanol–water partition coefficient (Wildman–Crippen LogP) is 1.46. The number of nitriles is 2. The molecule has 1 rings (SSSR count). The third-order valence-corrected chi connectivity index (χ3v) is 2.22. The zero-order valence-corrected chi connectivity index (χ0v) is 10.6. The van der Waals surface area contributed by atoms with Gasteiger partial charge in [0.2, 0.25) is 5.95 Å². The van der Waals surface area contributed by atoms with Crippen LogP contribution in [0.25, 0.3) is 0 Å². The molecule has 1 aromatic heterocycles. The second kappa shape index (κ2) is 7.08. The third kappa shape index (κ3) is 3.91. The molecule has 0 aromatic carbocycles. The molecule has 94 valence electrons. The Balaban J connectivity index is 2.96. The maximum absolute atomic E-state index is 8.74. The van der Waals surface area contributed by atoms with Gasteiger partial charge in [0.05, 0.1) is 12.1 Å². The van der Waals surface area contributed by atoms with Crippen molar-refractivity contribution in [1.29, 1.82) is 10.5 Å². The lowest BCUT2D eigenvalue weighted by atomic mass is 10.4. The standard InChI is InChI=1S/C12H16N6/c1-3-6-15-12-16-10(2)9-11(17-12)18(7-4-13)8-5-14/h9H,3,6-8H2,1-2H3,(H,15,16,17). The molecule has 0 aliphatic carbocycles. The number of hydrogen-bond acceptors (Lipinski definition) is 6. The fourth-order valence-electron chi connectivity index (χ4n) is 1.42. The van der Waals surface area contributed by atoms with Gasteiger partial charge in [-0.3, -0.25) is 0 Å². The van der Waals surface area contributed by atoms with Crippen molar-refractivity contribution >= 4 is 11.8 Å². The average Bonchev–Trinajstić information content (AvgIpc) is 2.35. The van der Waals surface area contributed by atoms with Crippen molar-refractivity contribution in [2.75, 3.05) is 29.9 Å². The summed E-state index contributed by atoms with van der Waals surface area (Å²) in [5, 5.41) is 20.6. The first kappa shape index (κ1) is 13.7. The Kier molecular flexibility index (Phi) is 5.40. The summed E-state index contributed by atoms with van der Waals surface area (Å²) in [5.74, 6) is 1.14. The van der Waals surface area contributed by atoms with E-state index in [9.17, 15) is 0 Å². The molecule has 1 N–H and O–H groups in total. The van der Waals surface area contributed by atoms with Crippen molar-refractivity contribution in [3.8, 4) is 12.1 Å². The summed E-state index contributed by atoms with van der Waals surface area (Å²) in [6.45, 7) is 4.98. The van der Waals surface area contributed by atoms with E-state index in [2.05, 4.69) is 22.2 Å². The third-order valence-electron chi connectivity index (χ3n) is 2.22. The molecular weight excluding hydrogens is 228 g/mol. The number of hydrogen-bond donors (Lipinski definition) is 1. The highest BCUT2D eigenvalue weighted by Crippen LogP contribution is 2.14. The number of nitrogens with zero attached hydrogens (tertiary/aromatic N) is 5. The molecule has 0 bridgehead atoms. The number of anilines is 2. The molecular formula is C12H16N6. The zero-order valence-electron chi connectivity index (χ0n) is 10.6. The number of aromatic nitrogens is 2. The largest absolute Gasteiger partial charge is 0.354 e. The normalized spacial score (nSPS) is 9.33. The van der Waals surface area contributed by atoms with E-state index in [4.69, 9.17) is 10.5 Å². The minimum atomic E-state index is 0.136. The fourth-order valence-corrected chi connectivity index (χ4v) is 1.42. The van der Waals surface area contributed by atoms with Gasteiger partial charge in [-0.1, -0.05) is 6.92 Å². The molecule has 6 heteroatoms. The molecule has 0 spiro atoms.